The Balaban J connectivity index is 1.60. The largest absolute Gasteiger partial charge is 0.494 e. The Hall–Kier alpha value is -3.80. The van der Waals surface area contributed by atoms with Gasteiger partial charge in [0.15, 0.2) is 5.43 Å². The van der Waals surface area contributed by atoms with E-state index in [2.05, 4.69) is 6.92 Å². The highest BCUT2D eigenvalue weighted by Crippen LogP contribution is 2.39. The lowest BCUT2D eigenvalue weighted by Gasteiger charge is -2.24. The third-order valence-corrected chi connectivity index (χ3v) is 5.74. The zero-order chi connectivity index (χ0) is 22.1. The number of amides is 1. The highest BCUT2D eigenvalue weighted by Gasteiger charge is 2.43. The number of nitrogens with zero attached hydrogens (tertiary/aromatic N) is 1. The number of furan rings is 1. The summed E-state index contributed by atoms with van der Waals surface area (Å²) < 4.78 is 17.2. The molecule has 0 unspecified atom stereocenters. The van der Waals surface area contributed by atoms with Crippen LogP contribution in [-0.2, 0) is 6.54 Å². The Morgan fingerprint density at radius 1 is 1.00 bits per heavy atom. The molecule has 1 aliphatic rings. The van der Waals surface area contributed by atoms with E-state index in [4.69, 9.17) is 13.6 Å². The lowest BCUT2D eigenvalue weighted by molar-refractivity contribution is 0.0701. The fourth-order valence-corrected chi connectivity index (χ4v) is 4.13. The Labute approximate surface area is 185 Å². The SMILES string of the molecule is CCCCOc1ccc([C@H]2c3c(oc4ccccc4c3=O)C(=O)N2Cc2ccco2)cc1. The molecule has 1 atom stereocenters. The molecular weight excluding hydrogens is 406 g/mol. The van der Waals surface area contributed by atoms with Gasteiger partial charge in [-0.1, -0.05) is 37.6 Å². The van der Waals surface area contributed by atoms with Gasteiger partial charge in [-0.05, 0) is 48.4 Å². The third-order valence-electron chi connectivity index (χ3n) is 5.74. The van der Waals surface area contributed by atoms with Gasteiger partial charge in [-0.3, -0.25) is 9.59 Å². The van der Waals surface area contributed by atoms with Crippen molar-refractivity contribution < 1.29 is 18.4 Å². The first-order valence-corrected chi connectivity index (χ1v) is 10.8. The minimum absolute atomic E-state index is 0.0912. The Morgan fingerprint density at radius 2 is 1.81 bits per heavy atom. The van der Waals surface area contributed by atoms with E-state index < -0.39 is 6.04 Å². The van der Waals surface area contributed by atoms with Crippen LogP contribution in [0.25, 0.3) is 11.0 Å². The zero-order valence-electron chi connectivity index (χ0n) is 17.7. The van der Waals surface area contributed by atoms with E-state index in [0.717, 1.165) is 24.2 Å². The van der Waals surface area contributed by atoms with Crippen LogP contribution in [0, 0.1) is 0 Å². The highest BCUT2D eigenvalue weighted by molar-refractivity contribution is 5.99. The zero-order valence-corrected chi connectivity index (χ0v) is 17.7. The average molecular weight is 429 g/mol. The first-order valence-electron chi connectivity index (χ1n) is 10.8. The van der Waals surface area contributed by atoms with Gasteiger partial charge >= 0.3 is 0 Å². The molecule has 32 heavy (non-hydrogen) atoms. The number of fused-ring (bicyclic) bond motifs is 2. The number of carbonyl (C=O) groups excluding carboxylic acids is 1. The van der Waals surface area contributed by atoms with E-state index in [1.165, 1.54) is 0 Å². The Bertz CT molecular complexity index is 1300. The molecule has 3 heterocycles. The van der Waals surface area contributed by atoms with Crippen molar-refractivity contribution in [3.63, 3.8) is 0 Å². The lowest BCUT2D eigenvalue weighted by Crippen LogP contribution is -2.29. The predicted octanol–water partition coefficient (Wildman–Crippen LogP) is 5.31. The van der Waals surface area contributed by atoms with Crippen LogP contribution in [0.3, 0.4) is 0 Å². The molecule has 1 amide bonds. The third kappa shape index (κ3) is 3.47. The summed E-state index contributed by atoms with van der Waals surface area (Å²) in [4.78, 5) is 28.4. The molecule has 0 fully saturated rings. The molecule has 0 spiro atoms. The maximum Gasteiger partial charge on any atom is 0.291 e. The summed E-state index contributed by atoms with van der Waals surface area (Å²) in [5, 5.41) is 0.461. The van der Waals surface area contributed by atoms with E-state index in [0.29, 0.717) is 28.9 Å². The van der Waals surface area contributed by atoms with Crippen molar-refractivity contribution in [3.8, 4) is 5.75 Å². The number of carbonyl (C=O) groups is 1. The summed E-state index contributed by atoms with van der Waals surface area (Å²) in [6.07, 6.45) is 3.61. The van der Waals surface area contributed by atoms with Gasteiger partial charge in [-0.25, -0.2) is 0 Å². The number of hydrogen-bond donors (Lipinski definition) is 0. The van der Waals surface area contributed by atoms with Crippen molar-refractivity contribution in [1.29, 1.82) is 0 Å². The van der Waals surface area contributed by atoms with Crippen LogP contribution in [0.2, 0.25) is 0 Å². The molecular formula is C26H23NO5. The quantitative estimate of drug-likeness (QED) is 0.372. The van der Waals surface area contributed by atoms with Crippen LogP contribution < -0.4 is 10.2 Å². The predicted molar refractivity (Wildman–Crippen MR) is 120 cm³/mol. The summed E-state index contributed by atoms with van der Waals surface area (Å²) in [7, 11) is 0. The molecule has 0 saturated heterocycles. The van der Waals surface area contributed by atoms with Gasteiger partial charge in [0.05, 0.1) is 36.4 Å². The Kier molecular flexibility index (Phi) is 5.27. The fourth-order valence-electron chi connectivity index (χ4n) is 4.13. The molecule has 5 rings (SSSR count). The molecule has 0 radical (unpaired) electrons. The number of unbranched alkanes of at least 4 members (excludes halogenated alkanes) is 1. The molecule has 0 N–H and O–H groups in total. The van der Waals surface area contributed by atoms with Gasteiger partial charge in [-0.2, -0.15) is 0 Å². The van der Waals surface area contributed by atoms with E-state index >= 15 is 0 Å². The highest BCUT2D eigenvalue weighted by atomic mass is 16.5. The summed E-state index contributed by atoms with van der Waals surface area (Å²) in [5.74, 6) is 1.16. The first kappa shape index (κ1) is 20.1. The van der Waals surface area contributed by atoms with Crippen molar-refractivity contribution in [2.24, 2.45) is 0 Å². The topological polar surface area (TPSA) is 72.9 Å². The van der Waals surface area contributed by atoms with Crippen LogP contribution in [0.5, 0.6) is 5.75 Å². The van der Waals surface area contributed by atoms with Gasteiger partial charge in [0.2, 0.25) is 5.76 Å². The maximum absolute atomic E-state index is 13.5. The van der Waals surface area contributed by atoms with Crippen LogP contribution in [0.15, 0.2) is 80.6 Å². The summed E-state index contributed by atoms with van der Waals surface area (Å²) in [6, 6.07) is 17.6. The van der Waals surface area contributed by atoms with Gasteiger partial charge in [0.1, 0.15) is 17.1 Å². The van der Waals surface area contributed by atoms with Crippen LogP contribution in [0.4, 0.5) is 0 Å². The second-order valence-corrected chi connectivity index (χ2v) is 7.86. The molecule has 2 aromatic carbocycles. The first-order chi connectivity index (χ1) is 15.7. The summed E-state index contributed by atoms with van der Waals surface area (Å²) in [6.45, 7) is 3.00. The van der Waals surface area contributed by atoms with Crippen LogP contribution in [-0.4, -0.2) is 17.4 Å². The number of hydrogen-bond acceptors (Lipinski definition) is 5. The van der Waals surface area contributed by atoms with Crippen molar-refractivity contribution in [2.75, 3.05) is 6.61 Å². The molecule has 0 bridgehead atoms. The number of rotatable bonds is 7. The second-order valence-electron chi connectivity index (χ2n) is 7.86. The minimum atomic E-state index is -0.576. The van der Waals surface area contributed by atoms with Crippen molar-refractivity contribution in [2.45, 2.75) is 32.4 Å². The second kappa shape index (κ2) is 8.38. The maximum atomic E-state index is 13.5. The van der Waals surface area contributed by atoms with Crippen molar-refractivity contribution >= 4 is 16.9 Å². The standard InChI is InChI=1S/C26H23NO5/c1-2-3-14-30-18-12-10-17(11-13-18)23-22-24(28)20-8-4-5-9-21(20)32-25(22)26(29)27(23)16-19-7-6-15-31-19/h4-13,15,23H,2-3,14,16H2,1H3/t23-/m0/s1. The molecule has 0 aliphatic carbocycles. The Morgan fingerprint density at radius 3 is 2.56 bits per heavy atom. The molecule has 0 saturated carbocycles. The van der Waals surface area contributed by atoms with Gasteiger partial charge in [-0.15, -0.1) is 0 Å². The monoisotopic (exact) mass is 429 g/mol. The summed E-state index contributed by atoms with van der Waals surface area (Å²) >= 11 is 0. The van der Waals surface area contributed by atoms with Gasteiger partial charge in [0.25, 0.3) is 5.91 Å². The summed E-state index contributed by atoms with van der Waals surface area (Å²) in [5.41, 5.74) is 1.39. The number of para-hydroxylation sites is 1. The molecule has 2 aromatic heterocycles. The van der Waals surface area contributed by atoms with E-state index in [9.17, 15) is 9.59 Å². The van der Waals surface area contributed by atoms with E-state index in [1.807, 2.05) is 30.3 Å². The molecule has 6 nitrogen and oxygen atoms in total. The van der Waals surface area contributed by atoms with Crippen LogP contribution >= 0.6 is 0 Å². The van der Waals surface area contributed by atoms with Gasteiger partial charge < -0.3 is 18.5 Å². The fraction of sp³-hybridized carbons (Fsp3) is 0.231. The number of ether oxygens (including phenoxy) is 1. The van der Waals surface area contributed by atoms with Crippen LogP contribution in [0.1, 0.15) is 53.2 Å². The molecule has 4 aromatic rings. The number of benzene rings is 2. The van der Waals surface area contributed by atoms with E-state index in [1.54, 1.807) is 41.5 Å². The lowest BCUT2D eigenvalue weighted by atomic mass is 9.98. The van der Waals surface area contributed by atoms with E-state index in [-0.39, 0.29) is 23.6 Å². The smallest absolute Gasteiger partial charge is 0.291 e. The van der Waals surface area contributed by atoms with Crippen molar-refractivity contribution in [1.82, 2.24) is 4.90 Å². The normalized spacial score (nSPS) is 15.3. The molecule has 1 aliphatic heterocycles. The molecule has 6 heteroatoms. The molecule has 162 valence electrons. The van der Waals surface area contributed by atoms with Crippen molar-refractivity contribution in [3.05, 3.63) is 99.8 Å². The van der Waals surface area contributed by atoms with Gasteiger partial charge in [0, 0.05) is 0 Å². The minimum Gasteiger partial charge on any atom is -0.494 e. The average Bonchev–Trinajstić information content (AvgIpc) is 3.42.